The second-order valence-corrected chi connectivity index (χ2v) is 8.96. The zero-order valence-corrected chi connectivity index (χ0v) is 18.2. The predicted molar refractivity (Wildman–Crippen MR) is 114 cm³/mol. The molecule has 1 saturated heterocycles. The molecule has 2 aliphatic rings. The Balaban J connectivity index is 1.38. The van der Waals surface area contributed by atoms with E-state index >= 15 is 0 Å². The van der Waals surface area contributed by atoms with Gasteiger partial charge in [0.15, 0.2) is 5.79 Å². The Morgan fingerprint density at radius 2 is 1.30 bits per heavy atom. The summed E-state index contributed by atoms with van der Waals surface area (Å²) in [5, 5.41) is 20.7. The Kier molecular flexibility index (Phi) is 7.20. The van der Waals surface area contributed by atoms with Gasteiger partial charge in [-0.1, -0.05) is 76.6 Å². The van der Waals surface area contributed by atoms with Gasteiger partial charge in [0.25, 0.3) is 0 Å². The Labute approximate surface area is 184 Å². The third-order valence-electron chi connectivity index (χ3n) is 5.53. The number of ether oxygens (including phenoxy) is 4. The monoisotopic (exact) mass is 478 g/mol. The molecule has 5 unspecified atom stereocenters. The molecule has 6 nitrogen and oxygen atoms in total. The van der Waals surface area contributed by atoms with E-state index in [0.29, 0.717) is 32.8 Å². The van der Waals surface area contributed by atoms with Crippen molar-refractivity contribution in [2.45, 2.75) is 54.7 Å². The normalized spacial score (nSPS) is 33.4. The second-order valence-electron chi connectivity index (χ2n) is 7.78. The molecule has 2 N–H and O–H groups in total. The molecule has 2 aromatic rings. The van der Waals surface area contributed by atoms with Gasteiger partial charge in [0, 0.05) is 11.2 Å². The number of aliphatic hydroxyl groups excluding tert-OH is 2. The van der Waals surface area contributed by atoms with E-state index in [1.807, 2.05) is 60.7 Å². The molecule has 4 rings (SSSR count). The van der Waals surface area contributed by atoms with Gasteiger partial charge < -0.3 is 29.2 Å². The van der Waals surface area contributed by atoms with E-state index in [-0.39, 0.29) is 4.83 Å². The van der Waals surface area contributed by atoms with Crippen LogP contribution in [-0.4, -0.2) is 58.5 Å². The predicted octanol–water partition coefficient (Wildman–Crippen LogP) is 2.79. The highest BCUT2D eigenvalue weighted by Crippen LogP contribution is 2.45. The summed E-state index contributed by atoms with van der Waals surface area (Å²) in [6, 6.07) is 19.8. The molecule has 5 atom stereocenters. The lowest BCUT2D eigenvalue weighted by Crippen LogP contribution is -2.44. The van der Waals surface area contributed by atoms with Crippen LogP contribution in [0.3, 0.4) is 0 Å². The van der Waals surface area contributed by atoms with Crippen molar-refractivity contribution in [3.05, 3.63) is 71.8 Å². The highest BCUT2D eigenvalue weighted by atomic mass is 79.9. The minimum absolute atomic E-state index is 0.297. The number of benzene rings is 2. The molecule has 0 radical (unpaired) electrons. The molecule has 162 valence electrons. The van der Waals surface area contributed by atoms with Crippen molar-refractivity contribution in [3.8, 4) is 0 Å². The third-order valence-corrected chi connectivity index (χ3v) is 6.39. The lowest BCUT2D eigenvalue weighted by Gasteiger charge is -2.27. The van der Waals surface area contributed by atoms with E-state index in [1.165, 1.54) is 0 Å². The zero-order valence-electron chi connectivity index (χ0n) is 16.6. The number of hydrogen-bond acceptors (Lipinski definition) is 6. The number of aliphatic hydroxyl groups is 2. The highest BCUT2D eigenvalue weighted by Gasteiger charge is 2.60. The maximum Gasteiger partial charge on any atom is 0.199 e. The first-order valence-corrected chi connectivity index (χ1v) is 11.1. The quantitative estimate of drug-likeness (QED) is 0.568. The zero-order chi connectivity index (χ0) is 21.0. The van der Waals surface area contributed by atoms with Gasteiger partial charge in [-0.25, -0.2) is 0 Å². The Morgan fingerprint density at radius 1 is 0.833 bits per heavy atom. The van der Waals surface area contributed by atoms with Gasteiger partial charge in [0.2, 0.25) is 0 Å². The van der Waals surface area contributed by atoms with Gasteiger partial charge in [0.05, 0.1) is 32.5 Å². The molecule has 2 aromatic carbocycles. The van der Waals surface area contributed by atoms with Crippen LogP contribution >= 0.6 is 15.9 Å². The first kappa shape index (κ1) is 21.9. The largest absolute Gasteiger partial charge is 0.389 e. The van der Waals surface area contributed by atoms with Crippen LogP contribution in [0.2, 0.25) is 0 Å². The lowest BCUT2D eigenvalue weighted by molar-refractivity contribution is -0.234. The fourth-order valence-corrected chi connectivity index (χ4v) is 4.66. The van der Waals surface area contributed by atoms with E-state index in [4.69, 9.17) is 18.9 Å². The average Bonchev–Trinajstić information content (AvgIpc) is 3.21. The maximum atomic E-state index is 10.5. The van der Waals surface area contributed by atoms with Crippen LogP contribution in [0, 0.1) is 0 Å². The van der Waals surface area contributed by atoms with Crippen LogP contribution in [0.5, 0.6) is 0 Å². The molecule has 1 aliphatic heterocycles. The lowest BCUT2D eigenvalue weighted by atomic mass is 10.2. The molecular weight excluding hydrogens is 452 g/mol. The van der Waals surface area contributed by atoms with Crippen LogP contribution in [0.15, 0.2) is 60.7 Å². The van der Waals surface area contributed by atoms with Gasteiger partial charge in [0.1, 0.15) is 18.3 Å². The molecule has 0 amide bonds. The minimum Gasteiger partial charge on any atom is -0.389 e. The van der Waals surface area contributed by atoms with Crippen molar-refractivity contribution in [1.82, 2.24) is 0 Å². The summed E-state index contributed by atoms with van der Waals surface area (Å²) < 4.78 is 24.0. The number of halogens is 1. The summed E-state index contributed by atoms with van der Waals surface area (Å²) in [6.07, 6.45) is -2.58. The fourth-order valence-electron chi connectivity index (χ4n) is 3.92. The average molecular weight is 479 g/mol. The number of hydrogen-bond donors (Lipinski definition) is 2. The van der Waals surface area contributed by atoms with Crippen molar-refractivity contribution in [1.29, 1.82) is 0 Å². The van der Waals surface area contributed by atoms with Crippen molar-refractivity contribution in [2.24, 2.45) is 0 Å². The van der Waals surface area contributed by atoms with Crippen LogP contribution in [0.25, 0.3) is 0 Å². The van der Waals surface area contributed by atoms with Gasteiger partial charge in [-0.05, 0) is 11.1 Å². The molecule has 1 aliphatic carbocycles. The topological polar surface area (TPSA) is 77.4 Å². The summed E-state index contributed by atoms with van der Waals surface area (Å²) in [5.41, 5.74) is 2.14. The van der Waals surface area contributed by atoms with E-state index in [1.54, 1.807) is 0 Å². The molecule has 0 aromatic heterocycles. The number of rotatable bonds is 8. The van der Waals surface area contributed by atoms with E-state index < -0.39 is 30.2 Å². The van der Waals surface area contributed by atoms with Crippen LogP contribution < -0.4 is 0 Å². The molecule has 2 fully saturated rings. The van der Waals surface area contributed by atoms with Crippen LogP contribution in [0.4, 0.5) is 0 Å². The molecule has 1 saturated carbocycles. The smallest absolute Gasteiger partial charge is 0.199 e. The van der Waals surface area contributed by atoms with Gasteiger partial charge in [-0.3, -0.25) is 0 Å². The summed E-state index contributed by atoms with van der Waals surface area (Å²) in [6.45, 7) is 1.51. The Morgan fingerprint density at radius 3 is 1.70 bits per heavy atom. The maximum absolute atomic E-state index is 10.5. The molecule has 30 heavy (non-hydrogen) atoms. The molecule has 7 heteroatoms. The first-order valence-electron chi connectivity index (χ1n) is 10.2. The molecule has 1 spiro atoms. The summed E-state index contributed by atoms with van der Waals surface area (Å²) >= 11 is 3.40. The SMILES string of the molecule is OC1C(Br)CC2(OC(COCc3ccccc3)C(COCc3ccccc3)O2)C1O. The van der Waals surface area contributed by atoms with Gasteiger partial charge in [-0.15, -0.1) is 0 Å². The standard InChI is InChI=1S/C23H27BrO6/c24-18-11-23(22(26)21(18)25)29-19(14-27-12-16-7-3-1-4-8-16)20(30-23)15-28-13-17-9-5-2-6-10-17/h1-10,18-22,25-26H,11-15H2. The van der Waals surface area contributed by atoms with Crippen molar-refractivity contribution in [2.75, 3.05) is 13.2 Å². The Bertz CT molecular complexity index is 735. The van der Waals surface area contributed by atoms with E-state index in [0.717, 1.165) is 11.1 Å². The summed E-state index contributed by atoms with van der Waals surface area (Å²) in [5.74, 6) is -1.25. The second kappa shape index (κ2) is 9.87. The first-order chi connectivity index (χ1) is 14.6. The van der Waals surface area contributed by atoms with Crippen molar-refractivity contribution >= 4 is 15.9 Å². The number of alkyl halides is 1. The van der Waals surface area contributed by atoms with Gasteiger partial charge >= 0.3 is 0 Å². The van der Waals surface area contributed by atoms with Crippen LogP contribution in [-0.2, 0) is 32.2 Å². The Hall–Kier alpha value is -1.32. The van der Waals surface area contributed by atoms with E-state index in [2.05, 4.69) is 15.9 Å². The summed E-state index contributed by atoms with van der Waals surface area (Å²) in [7, 11) is 0. The molecule has 1 heterocycles. The van der Waals surface area contributed by atoms with Gasteiger partial charge in [-0.2, -0.15) is 0 Å². The summed E-state index contributed by atoms with van der Waals surface area (Å²) in [4.78, 5) is -0.303. The molecular formula is C23H27BrO6. The van der Waals surface area contributed by atoms with E-state index in [9.17, 15) is 10.2 Å². The third kappa shape index (κ3) is 4.94. The van der Waals surface area contributed by atoms with Crippen LogP contribution in [0.1, 0.15) is 17.5 Å². The highest BCUT2D eigenvalue weighted by molar-refractivity contribution is 9.09. The molecule has 0 bridgehead atoms. The fraction of sp³-hybridized carbons (Fsp3) is 0.478. The van der Waals surface area contributed by atoms with Crippen molar-refractivity contribution in [3.63, 3.8) is 0 Å². The van der Waals surface area contributed by atoms with Crippen molar-refractivity contribution < 1.29 is 29.2 Å². The minimum atomic E-state index is -1.25.